The number of anilines is 1. The van der Waals surface area contributed by atoms with Gasteiger partial charge in [0, 0.05) is 18.5 Å². The number of aromatic hydroxyl groups is 1. The minimum absolute atomic E-state index is 0.0381. The Morgan fingerprint density at radius 1 is 1.21 bits per heavy atom. The summed E-state index contributed by atoms with van der Waals surface area (Å²) >= 11 is 0. The van der Waals surface area contributed by atoms with E-state index >= 15 is 0 Å². The van der Waals surface area contributed by atoms with E-state index in [0.29, 0.717) is 17.8 Å². The molecule has 0 aromatic heterocycles. The molecule has 4 rings (SSSR count). The van der Waals surface area contributed by atoms with Crippen LogP contribution in [-0.4, -0.2) is 45.1 Å². The first-order valence-corrected chi connectivity index (χ1v) is 10.9. The molecule has 1 heterocycles. The van der Waals surface area contributed by atoms with Crippen molar-refractivity contribution in [3.63, 3.8) is 0 Å². The lowest BCUT2D eigenvalue weighted by Gasteiger charge is -2.19. The number of carboxylic acids is 1. The number of aliphatic carboxylic acids is 1. The van der Waals surface area contributed by atoms with Crippen molar-refractivity contribution in [1.82, 2.24) is 5.01 Å². The first-order chi connectivity index (χ1) is 15.8. The van der Waals surface area contributed by atoms with Crippen LogP contribution in [0.5, 0.6) is 5.75 Å². The van der Waals surface area contributed by atoms with Crippen LogP contribution in [0.2, 0.25) is 0 Å². The number of allylic oxidation sites excluding steroid dienone is 1. The van der Waals surface area contributed by atoms with Crippen molar-refractivity contribution < 1.29 is 19.8 Å². The summed E-state index contributed by atoms with van der Waals surface area (Å²) < 4.78 is 0. The van der Waals surface area contributed by atoms with E-state index in [9.17, 15) is 14.7 Å². The van der Waals surface area contributed by atoms with Gasteiger partial charge in [-0.1, -0.05) is 42.0 Å². The number of carbonyl (C=O) groups excluding carboxylic acids is 1. The Hall–Kier alpha value is -3.94. The number of hydrazone groups is 2. The molecular formula is C25H26N4O4. The van der Waals surface area contributed by atoms with Crippen LogP contribution in [0.25, 0.3) is 11.6 Å². The van der Waals surface area contributed by atoms with E-state index in [0.717, 1.165) is 24.0 Å². The molecule has 8 nitrogen and oxygen atoms in total. The SMILES string of the molecule is CC1=NN(CCCC(=O)O)C(=O)/C1=N\Nc1cccc(C2=Cc3cc(C)ccc3CC2)c1O. The molecule has 2 aliphatic rings. The van der Waals surface area contributed by atoms with Crippen LogP contribution in [0, 0.1) is 6.92 Å². The Morgan fingerprint density at radius 3 is 2.82 bits per heavy atom. The van der Waals surface area contributed by atoms with Crippen molar-refractivity contribution in [2.45, 2.75) is 39.5 Å². The van der Waals surface area contributed by atoms with E-state index in [4.69, 9.17) is 5.11 Å². The lowest BCUT2D eigenvalue weighted by molar-refractivity contribution is -0.137. The first kappa shape index (κ1) is 22.3. The van der Waals surface area contributed by atoms with Crippen LogP contribution >= 0.6 is 0 Å². The number of fused-ring (bicyclic) bond motifs is 1. The molecule has 0 radical (unpaired) electrons. The van der Waals surface area contributed by atoms with Gasteiger partial charge in [-0.3, -0.25) is 15.0 Å². The van der Waals surface area contributed by atoms with E-state index in [-0.39, 0.29) is 24.4 Å². The number of nitrogens with one attached hydrogen (secondary N) is 1. The second kappa shape index (κ2) is 9.28. The summed E-state index contributed by atoms with van der Waals surface area (Å²) in [5.74, 6) is -1.24. The molecular weight excluding hydrogens is 420 g/mol. The van der Waals surface area contributed by atoms with Crippen molar-refractivity contribution >= 4 is 40.6 Å². The number of para-hydroxylation sites is 1. The molecule has 170 valence electrons. The molecule has 1 aliphatic heterocycles. The number of nitrogens with zero attached hydrogens (tertiary/aromatic N) is 3. The molecule has 3 N–H and O–H groups in total. The van der Waals surface area contributed by atoms with Gasteiger partial charge in [0.2, 0.25) is 0 Å². The molecule has 0 spiro atoms. The van der Waals surface area contributed by atoms with E-state index in [1.54, 1.807) is 13.0 Å². The molecule has 0 atom stereocenters. The highest BCUT2D eigenvalue weighted by Gasteiger charge is 2.29. The third-order valence-electron chi connectivity index (χ3n) is 5.78. The molecule has 0 saturated heterocycles. The normalized spacial score (nSPS) is 16.5. The smallest absolute Gasteiger partial charge is 0.303 e. The second-order valence-corrected chi connectivity index (χ2v) is 8.26. The van der Waals surface area contributed by atoms with Gasteiger partial charge in [0.05, 0.1) is 11.4 Å². The maximum Gasteiger partial charge on any atom is 0.303 e. The zero-order chi connectivity index (χ0) is 23.5. The van der Waals surface area contributed by atoms with Crippen molar-refractivity contribution in [2.75, 3.05) is 12.0 Å². The molecule has 2 aromatic rings. The van der Waals surface area contributed by atoms with Crippen LogP contribution in [0.3, 0.4) is 0 Å². The average Bonchev–Trinajstić information content (AvgIpc) is 3.05. The Kier molecular flexibility index (Phi) is 6.26. The van der Waals surface area contributed by atoms with Gasteiger partial charge in [-0.2, -0.15) is 10.2 Å². The largest absolute Gasteiger partial charge is 0.505 e. The predicted octanol–water partition coefficient (Wildman–Crippen LogP) is 4.04. The molecule has 8 heteroatoms. The number of benzene rings is 2. The number of carbonyl (C=O) groups is 2. The maximum absolute atomic E-state index is 12.6. The number of hydrogen-bond donors (Lipinski definition) is 3. The molecule has 0 fully saturated rings. The maximum atomic E-state index is 12.6. The van der Waals surface area contributed by atoms with Gasteiger partial charge < -0.3 is 10.2 Å². The van der Waals surface area contributed by atoms with Crippen LogP contribution in [0.1, 0.15) is 48.4 Å². The average molecular weight is 447 g/mol. The van der Waals surface area contributed by atoms with E-state index in [1.807, 2.05) is 12.1 Å². The summed E-state index contributed by atoms with van der Waals surface area (Å²) in [5.41, 5.74) is 9.19. The third-order valence-corrected chi connectivity index (χ3v) is 5.78. The zero-order valence-electron chi connectivity index (χ0n) is 18.6. The molecule has 0 unspecified atom stereocenters. The molecule has 1 amide bonds. The summed E-state index contributed by atoms with van der Waals surface area (Å²) in [6.45, 7) is 3.93. The molecule has 1 aliphatic carbocycles. The molecule has 2 aromatic carbocycles. The van der Waals surface area contributed by atoms with Crippen molar-refractivity contribution in [1.29, 1.82) is 0 Å². The lowest BCUT2D eigenvalue weighted by atomic mass is 9.87. The number of amides is 1. The molecule has 33 heavy (non-hydrogen) atoms. The summed E-state index contributed by atoms with van der Waals surface area (Å²) in [7, 11) is 0. The Labute approximate surface area is 191 Å². The zero-order valence-corrected chi connectivity index (χ0v) is 18.6. The summed E-state index contributed by atoms with van der Waals surface area (Å²) in [5, 5.41) is 29.3. The fourth-order valence-electron chi connectivity index (χ4n) is 4.04. The van der Waals surface area contributed by atoms with Crippen LogP contribution < -0.4 is 5.43 Å². The number of rotatable bonds is 7. The number of aryl methyl sites for hydroxylation is 2. The predicted molar refractivity (Wildman–Crippen MR) is 128 cm³/mol. The van der Waals surface area contributed by atoms with Gasteiger partial charge in [-0.25, -0.2) is 5.01 Å². The van der Waals surface area contributed by atoms with Crippen LogP contribution in [0.15, 0.2) is 46.6 Å². The highest BCUT2D eigenvalue weighted by molar-refractivity contribution is 6.68. The van der Waals surface area contributed by atoms with Gasteiger partial charge in [-0.15, -0.1) is 0 Å². The second-order valence-electron chi connectivity index (χ2n) is 8.26. The van der Waals surface area contributed by atoms with Gasteiger partial charge in [0.25, 0.3) is 5.91 Å². The van der Waals surface area contributed by atoms with E-state index in [1.165, 1.54) is 21.7 Å². The number of hydrogen-bond acceptors (Lipinski definition) is 6. The van der Waals surface area contributed by atoms with Crippen molar-refractivity contribution in [3.8, 4) is 5.75 Å². The topological polar surface area (TPSA) is 115 Å². The fourth-order valence-corrected chi connectivity index (χ4v) is 4.04. The quantitative estimate of drug-likeness (QED) is 0.439. The minimum Gasteiger partial charge on any atom is -0.505 e. The summed E-state index contributed by atoms with van der Waals surface area (Å²) in [6.07, 6.45) is 4.10. The molecule has 0 bridgehead atoms. The summed E-state index contributed by atoms with van der Waals surface area (Å²) in [4.78, 5) is 23.3. The fraction of sp³-hybridized carbons (Fsp3) is 0.280. The van der Waals surface area contributed by atoms with E-state index < -0.39 is 11.9 Å². The van der Waals surface area contributed by atoms with Gasteiger partial charge >= 0.3 is 5.97 Å². The van der Waals surface area contributed by atoms with Crippen molar-refractivity contribution in [3.05, 3.63) is 58.7 Å². The Morgan fingerprint density at radius 2 is 2.03 bits per heavy atom. The lowest BCUT2D eigenvalue weighted by Crippen LogP contribution is -2.29. The minimum atomic E-state index is -0.917. The number of phenolic OH excluding ortho intramolecular Hbond substituents is 1. The number of phenols is 1. The third kappa shape index (κ3) is 4.79. The van der Waals surface area contributed by atoms with Crippen LogP contribution in [-0.2, 0) is 16.0 Å². The highest BCUT2D eigenvalue weighted by Crippen LogP contribution is 2.38. The summed E-state index contributed by atoms with van der Waals surface area (Å²) in [6, 6.07) is 11.8. The molecule has 0 saturated carbocycles. The monoisotopic (exact) mass is 446 g/mol. The number of carboxylic acid groups (broad SMARTS) is 1. The Balaban J connectivity index is 1.52. The van der Waals surface area contributed by atoms with Gasteiger partial charge in [0.1, 0.15) is 5.75 Å². The first-order valence-electron chi connectivity index (χ1n) is 10.9. The highest BCUT2D eigenvalue weighted by atomic mass is 16.4. The standard InChI is InChI=1S/C25H26N4O4/c1-15-8-9-17-10-11-18(14-19(17)13-15)20-5-3-6-21(24(20)32)26-27-23-16(2)28-29(25(23)33)12-4-7-22(30)31/h3,5-6,8-9,13-14,26,32H,4,7,10-12H2,1-2H3,(H,30,31)/b27-23-. The van der Waals surface area contributed by atoms with Crippen LogP contribution in [0.4, 0.5) is 5.69 Å². The van der Waals surface area contributed by atoms with Gasteiger partial charge in [0.15, 0.2) is 5.71 Å². The Bertz CT molecular complexity index is 1210. The van der Waals surface area contributed by atoms with Gasteiger partial charge in [-0.05, 0) is 55.9 Å². The van der Waals surface area contributed by atoms with Crippen molar-refractivity contribution in [2.24, 2.45) is 10.2 Å². The van der Waals surface area contributed by atoms with E-state index in [2.05, 4.69) is 46.8 Å².